The summed E-state index contributed by atoms with van der Waals surface area (Å²) in [6.07, 6.45) is 8.77. The number of hydrogen-bond acceptors (Lipinski definition) is 5. The van der Waals surface area contributed by atoms with E-state index in [0.29, 0.717) is 42.2 Å². The van der Waals surface area contributed by atoms with Crippen molar-refractivity contribution in [2.24, 2.45) is 23.2 Å². The van der Waals surface area contributed by atoms with Crippen LogP contribution in [0.1, 0.15) is 49.8 Å². The molecule has 1 aliphatic heterocycles. The lowest BCUT2D eigenvalue weighted by atomic mass is 9.49. The molecule has 1 amide bonds. The molecule has 7 nitrogen and oxygen atoms in total. The molecule has 4 saturated carbocycles. The second-order valence-electron chi connectivity index (χ2n) is 11.4. The van der Waals surface area contributed by atoms with Gasteiger partial charge in [0, 0.05) is 12.1 Å². The number of benzene rings is 2. The minimum Gasteiger partial charge on any atom is -0.310 e. The number of hydrogen-bond donors (Lipinski definition) is 1. The number of amides is 1. The van der Waals surface area contributed by atoms with Gasteiger partial charge in [0.1, 0.15) is 12.1 Å². The minimum atomic E-state index is -3.68. The SMILES string of the molecule is O=C(Nc1ncnc2c1CCN(S(=O)(=O)c1ccc3ccccc3c1)C2)C12CC3CC(CC(C3)C1)C2. The van der Waals surface area contributed by atoms with Gasteiger partial charge in [-0.2, -0.15) is 4.31 Å². The molecule has 1 aromatic heterocycles. The maximum absolute atomic E-state index is 13.6. The van der Waals surface area contributed by atoms with E-state index in [9.17, 15) is 13.2 Å². The van der Waals surface area contributed by atoms with Crippen LogP contribution in [0.5, 0.6) is 0 Å². The minimum absolute atomic E-state index is 0.105. The van der Waals surface area contributed by atoms with Crippen LogP contribution in [0.4, 0.5) is 5.82 Å². The molecule has 0 saturated heterocycles. The molecule has 5 aliphatic rings. The molecule has 0 unspecified atom stereocenters. The van der Waals surface area contributed by atoms with Gasteiger partial charge in [0.2, 0.25) is 15.9 Å². The van der Waals surface area contributed by atoms with Gasteiger partial charge < -0.3 is 5.32 Å². The first-order chi connectivity index (χ1) is 17.4. The van der Waals surface area contributed by atoms with Gasteiger partial charge in [-0.1, -0.05) is 30.3 Å². The van der Waals surface area contributed by atoms with Crippen LogP contribution in [-0.2, 0) is 27.8 Å². The number of rotatable bonds is 4. The van der Waals surface area contributed by atoms with E-state index < -0.39 is 10.0 Å². The number of carbonyl (C=O) groups excluding carboxylic acids is 1. The Morgan fingerprint density at radius 2 is 1.64 bits per heavy atom. The van der Waals surface area contributed by atoms with Gasteiger partial charge in [0.25, 0.3) is 0 Å². The fourth-order valence-electron chi connectivity index (χ4n) is 7.75. The Morgan fingerprint density at radius 3 is 2.36 bits per heavy atom. The van der Waals surface area contributed by atoms with Crippen molar-refractivity contribution in [1.82, 2.24) is 14.3 Å². The molecular weight excluding hydrogens is 472 g/mol. The van der Waals surface area contributed by atoms with Gasteiger partial charge in [0.15, 0.2) is 0 Å². The number of fused-ring (bicyclic) bond motifs is 2. The zero-order valence-electron chi connectivity index (χ0n) is 20.2. The lowest BCUT2D eigenvalue weighted by molar-refractivity contribution is -0.140. The first kappa shape index (κ1) is 22.4. The van der Waals surface area contributed by atoms with E-state index in [-0.39, 0.29) is 22.8 Å². The molecule has 4 aliphatic carbocycles. The Labute approximate surface area is 211 Å². The van der Waals surface area contributed by atoms with Crippen LogP contribution in [0, 0.1) is 23.2 Å². The van der Waals surface area contributed by atoms with Crippen molar-refractivity contribution in [1.29, 1.82) is 0 Å². The highest BCUT2D eigenvalue weighted by Gasteiger charge is 2.54. The zero-order valence-corrected chi connectivity index (χ0v) is 21.0. The molecule has 8 heteroatoms. The number of nitrogens with one attached hydrogen (secondary N) is 1. The number of carbonyl (C=O) groups is 1. The average Bonchev–Trinajstić information content (AvgIpc) is 2.87. The third kappa shape index (κ3) is 3.57. The first-order valence-corrected chi connectivity index (χ1v) is 14.5. The molecule has 36 heavy (non-hydrogen) atoms. The summed E-state index contributed by atoms with van der Waals surface area (Å²) in [5.41, 5.74) is 1.27. The normalized spacial score (nSPS) is 29.3. The van der Waals surface area contributed by atoms with E-state index in [2.05, 4.69) is 15.3 Å². The summed E-state index contributed by atoms with van der Waals surface area (Å²) in [5.74, 6) is 2.73. The smallest absolute Gasteiger partial charge is 0.243 e. The largest absolute Gasteiger partial charge is 0.310 e. The molecule has 0 radical (unpaired) electrons. The first-order valence-electron chi connectivity index (χ1n) is 13.0. The molecular formula is C28H30N4O3S. The monoisotopic (exact) mass is 502 g/mol. The highest BCUT2D eigenvalue weighted by atomic mass is 32.2. The van der Waals surface area contributed by atoms with E-state index >= 15 is 0 Å². The standard InChI is InChI=1S/C28H30N4O3S/c33-27(28-13-18-9-19(14-28)11-20(10-18)15-28)31-26-24-7-8-32(16-25(24)29-17-30-26)36(34,35)23-6-5-21-3-1-2-4-22(21)12-23/h1-6,12,17-20H,7-11,13-16H2,(H,29,30,31,33). The van der Waals surface area contributed by atoms with Crippen LogP contribution >= 0.6 is 0 Å². The Kier molecular flexibility index (Phi) is 5.02. The number of nitrogens with zero attached hydrogens (tertiary/aromatic N) is 3. The fourth-order valence-corrected chi connectivity index (χ4v) is 9.19. The van der Waals surface area contributed by atoms with Crippen LogP contribution < -0.4 is 5.32 Å². The molecule has 0 spiro atoms. The predicted molar refractivity (Wildman–Crippen MR) is 137 cm³/mol. The van der Waals surface area contributed by atoms with E-state index in [1.807, 2.05) is 30.3 Å². The molecule has 2 aromatic carbocycles. The Morgan fingerprint density at radius 1 is 0.944 bits per heavy atom. The van der Waals surface area contributed by atoms with Crippen LogP contribution in [0.15, 0.2) is 53.7 Å². The predicted octanol–water partition coefficient (Wildman–Crippen LogP) is 4.53. The molecule has 0 atom stereocenters. The summed E-state index contributed by atoms with van der Waals surface area (Å²) in [4.78, 5) is 22.7. The van der Waals surface area contributed by atoms with Gasteiger partial charge in [0.05, 0.1) is 22.5 Å². The quantitative estimate of drug-likeness (QED) is 0.566. The van der Waals surface area contributed by atoms with Gasteiger partial charge in [-0.15, -0.1) is 0 Å². The molecule has 4 fully saturated rings. The van der Waals surface area contributed by atoms with E-state index in [1.54, 1.807) is 12.1 Å². The third-order valence-electron chi connectivity index (χ3n) is 9.08. The van der Waals surface area contributed by atoms with Crippen molar-refractivity contribution in [3.05, 3.63) is 60.0 Å². The molecule has 1 N–H and O–H groups in total. The summed E-state index contributed by atoms with van der Waals surface area (Å²) < 4.78 is 28.4. The summed E-state index contributed by atoms with van der Waals surface area (Å²) in [6.45, 7) is 0.503. The van der Waals surface area contributed by atoms with E-state index in [1.165, 1.54) is 29.9 Å². The van der Waals surface area contributed by atoms with E-state index in [0.717, 1.165) is 35.6 Å². The Bertz CT molecular complexity index is 1450. The maximum Gasteiger partial charge on any atom is 0.243 e. The van der Waals surface area contributed by atoms with Crippen molar-refractivity contribution >= 4 is 32.5 Å². The zero-order chi connectivity index (χ0) is 24.5. The lowest BCUT2D eigenvalue weighted by Gasteiger charge is -2.55. The highest BCUT2D eigenvalue weighted by Crippen LogP contribution is 2.60. The number of aromatic nitrogens is 2. The number of anilines is 1. The molecule has 8 rings (SSSR count). The van der Waals surface area contributed by atoms with Crippen LogP contribution in [0.2, 0.25) is 0 Å². The van der Waals surface area contributed by atoms with Crippen LogP contribution in [0.3, 0.4) is 0 Å². The van der Waals surface area contributed by atoms with Crippen molar-refractivity contribution in [3.63, 3.8) is 0 Å². The van der Waals surface area contributed by atoms with Gasteiger partial charge in [-0.3, -0.25) is 4.79 Å². The second-order valence-corrected chi connectivity index (χ2v) is 13.3. The molecule has 186 valence electrons. The number of sulfonamides is 1. The van der Waals surface area contributed by atoms with Gasteiger partial charge in [-0.25, -0.2) is 18.4 Å². The lowest BCUT2D eigenvalue weighted by Crippen LogP contribution is -2.52. The summed E-state index contributed by atoms with van der Waals surface area (Å²) >= 11 is 0. The Hall–Kier alpha value is -2.84. The van der Waals surface area contributed by atoms with Crippen molar-refractivity contribution in [2.45, 2.75) is 56.4 Å². The van der Waals surface area contributed by atoms with Crippen LogP contribution in [-0.4, -0.2) is 35.1 Å². The third-order valence-corrected chi connectivity index (χ3v) is 10.9. The van der Waals surface area contributed by atoms with Gasteiger partial charge in [-0.05, 0) is 85.6 Å². The van der Waals surface area contributed by atoms with Crippen molar-refractivity contribution < 1.29 is 13.2 Å². The van der Waals surface area contributed by atoms with Crippen molar-refractivity contribution in [2.75, 3.05) is 11.9 Å². The van der Waals surface area contributed by atoms with Gasteiger partial charge >= 0.3 is 0 Å². The molecule has 3 aromatic rings. The second kappa shape index (κ2) is 8.08. The highest BCUT2D eigenvalue weighted by molar-refractivity contribution is 7.89. The summed E-state index contributed by atoms with van der Waals surface area (Å²) in [7, 11) is -3.68. The molecule has 2 heterocycles. The molecule has 4 bridgehead atoms. The fraction of sp³-hybridized carbons (Fsp3) is 0.464. The maximum atomic E-state index is 13.6. The van der Waals surface area contributed by atoms with Crippen molar-refractivity contribution in [3.8, 4) is 0 Å². The average molecular weight is 503 g/mol. The van der Waals surface area contributed by atoms with Crippen LogP contribution in [0.25, 0.3) is 10.8 Å². The summed E-state index contributed by atoms with van der Waals surface area (Å²) in [5, 5.41) is 5.08. The van der Waals surface area contributed by atoms with E-state index in [4.69, 9.17) is 0 Å². The topological polar surface area (TPSA) is 92.3 Å². The summed E-state index contributed by atoms with van der Waals surface area (Å²) in [6, 6.07) is 13.0. The Balaban J connectivity index is 1.13.